The average molecular weight is 362 g/mol. The SMILES string of the molecule is CCn1cc(Nc2ncc(C(N)=O)c(NCc3cccc(C#N)c3)n2)cn1. The first-order valence-electron chi connectivity index (χ1n) is 8.28. The smallest absolute Gasteiger partial charge is 0.254 e. The number of rotatable bonds is 7. The van der Waals surface area contributed by atoms with Gasteiger partial charge in [-0.1, -0.05) is 12.1 Å². The van der Waals surface area contributed by atoms with E-state index in [1.807, 2.05) is 19.2 Å². The predicted molar refractivity (Wildman–Crippen MR) is 100 cm³/mol. The third kappa shape index (κ3) is 4.38. The average Bonchev–Trinajstić information content (AvgIpc) is 3.14. The number of nitrogens with zero attached hydrogens (tertiary/aromatic N) is 5. The summed E-state index contributed by atoms with van der Waals surface area (Å²) in [5, 5.41) is 19.3. The van der Waals surface area contributed by atoms with Crippen molar-refractivity contribution in [3.8, 4) is 6.07 Å². The van der Waals surface area contributed by atoms with Crippen LogP contribution in [0.1, 0.15) is 28.4 Å². The number of aromatic nitrogens is 4. The molecule has 4 N–H and O–H groups in total. The highest BCUT2D eigenvalue weighted by molar-refractivity contribution is 5.97. The van der Waals surface area contributed by atoms with E-state index in [0.717, 1.165) is 17.8 Å². The molecule has 0 saturated heterocycles. The normalized spacial score (nSPS) is 10.2. The molecule has 0 saturated carbocycles. The Kier molecular flexibility index (Phi) is 5.28. The lowest BCUT2D eigenvalue weighted by atomic mass is 10.1. The Hall–Kier alpha value is -3.93. The van der Waals surface area contributed by atoms with Gasteiger partial charge in [0.15, 0.2) is 0 Å². The molecule has 0 aliphatic carbocycles. The van der Waals surface area contributed by atoms with E-state index >= 15 is 0 Å². The Morgan fingerprint density at radius 2 is 2.22 bits per heavy atom. The van der Waals surface area contributed by atoms with E-state index in [9.17, 15) is 4.79 Å². The van der Waals surface area contributed by atoms with E-state index in [1.54, 1.807) is 29.1 Å². The maximum Gasteiger partial charge on any atom is 0.254 e. The van der Waals surface area contributed by atoms with Crippen molar-refractivity contribution in [2.24, 2.45) is 5.73 Å². The van der Waals surface area contributed by atoms with Gasteiger partial charge in [0.25, 0.3) is 5.91 Å². The zero-order chi connectivity index (χ0) is 19.2. The van der Waals surface area contributed by atoms with Gasteiger partial charge in [-0.25, -0.2) is 4.98 Å². The molecule has 3 aromatic rings. The van der Waals surface area contributed by atoms with Gasteiger partial charge >= 0.3 is 0 Å². The van der Waals surface area contributed by atoms with E-state index in [4.69, 9.17) is 11.0 Å². The van der Waals surface area contributed by atoms with Gasteiger partial charge in [0.1, 0.15) is 5.82 Å². The Balaban J connectivity index is 1.80. The quantitative estimate of drug-likeness (QED) is 0.585. The van der Waals surface area contributed by atoms with Gasteiger partial charge in [-0.05, 0) is 24.6 Å². The summed E-state index contributed by atoms with van der Waals surface area (Å²) >= 11 is 0. The number of carbonyl (C=O) groups excluding carboxylic acids is 1. The van der Waals surface area contributed by atoms with Crippen LogP contribution in [0.2, 0.25) is 0 Å². The number of anilines is 3. The van der Waals surface area contributed by atoms with Crippen LogP contribution in [0.4, 0.5) is 17.5 Å². The van der Waals surface area contributed by atoms with Crippen molar-refractivity contribution in [3.05, 3.63) is 59.5 Å². The molecule has 0 unspecified atom stereocenters. The number of hydrogen-bond acceptors (Lipinski definition) is 7. The van der Waals surface area contributed by atoms with Gasteiger partial charge in [0.2, 0.25) is 5.95 Å². The molecule has 0 spiro atoms. The van der Waals surface area contributed by atoms with Crippen molar-refractivity contribution < 1.29 is 4.79 Å². The Bertz CT molecular complexity index is 1000. The fourth-order valence-electron chi connectivity index (χ4n) is 2.42. The van der Waals surface area contributed by atoms with Crippen LogP contribution in [0.25, 0.3) is 0 Å². The number of hydrogen-bond donors (Lipinski definition) is 3. The summed E-state index contributed by atoms with van der Waals surface area (Å²) < 4.78 is 1.77. The molecule has 2 aromatic heterocycles. The van der Waals surface area contributed by atoms with Crippen molar-refractivity contribution in [1.82, 2.24) is 19.7 Å². The largest absolute Gasteiger partial charge is 0.365 e. The number of nitrogens with one attached hydrogen (secondary N) is 2. The molecule has 1 aromatic carbocycles. The second kappa shape index (κ2) is 7.97. The number of amides is 1. The molecule has 0 aliphatic rings. The molecule has 3 rings (SSSR count). The van der Waals surface area contributed by atoms with Gasteiger partial charge in [-0.3, -0.25) is 9.48 Å². The van der Waals surface area contributed by atoms with Gasteiger partial charge in [-0.2, -0.15) is 15.3 Å². The lowest BCUT2D eigenvalue weighted by Crippen LogP contribution is -2.17. The zero-order valence-electron chi connectivity index (χ0n) is 14.7. The van der Waals surface area contributed by atoms with E-state index in [-0.39, 0.29) is 5.56 Å². The molecule has 9 nitrogen and oxygen atoms in total. The minimum atomic E-state index is -0.631. The topological polar surface area (TPSA) is 135 Å². The molecule has 0 fully saturated rings. The first-order chi connectivity index (χ1) is 13.1. The summed E-state index contributed by atoms with van der Waals surface area (Å²) in [7, 11) is 0. The molecule has 0 bridgehead atoms. The monoisotopic (exact) mass is 362 g/mol. The first-order valence-corrected chi connectivity index (χ1v) is 8.28. The van der Waals surface area contributed by atoms with E-state index in [2.05, 4.69) is 31.8 Å². The van der Waals surface area contributed by atoms with Crippen molar-refractivity contribution in [2.75, 3.05) is 10.6 Å². The zero-order valence-corrected chi connectivity index (χ0v) is 14.7. The molecule has 136 valence electrons. The lowest BCUT2D eigenvalue weighted by Gasteiger charge is -2.11. The van der Waals surface area contributed by atoms with Crippen LogP contribution in [0, 0.1) is 11.3 Å². The Labute approximate surface area is 155 Å². The maximum atomic E-state index is 11.7. The Morgan fingerprint density at radius 1 is 1.37 bits per heavy atom. The van der Waals surface area contributed by atoms with E-state index in [0.29, 0.717) is 23.9 Å². The third-order valence-corrected chi connectivity index (χ3v) is 3.78. The van der Waals surface area contributed by atoms with Crippen molar-refractivity contribution >= 4 is 23.4 Å². The highest BCUT2D eigenvalue weighted by atomic mass is 16.1. The maximum absolute atomic E-state index is 11.7. The number of nitrogens with two attached hydrogens (primary N) is 1. The van der Waals surface area contributed by atoms with Crippen LogP contribution in [-0.2, 0) is 13.1 Å². The molecule has 27 heavy (non-hydrogen) atoms. The summed E-state index contributed by atoms with van der Waals surface area (Å²) in [5.74, 6) is -0.0113. The highest BCUT2D eigenvalue weighted by Crippen LogP contribution is 2.18. The van der Waals surface area contributed by atoms with Crippen molar-refractivity contribution in [1.29, 1.82) is 5.26 Å². The molecule has 0 atom stereocenters. The minimum absolute atomic E-state index is 0.182. The van der Waals surface area contributed by atoms with Crippen LogP contribution in [0.15, 0.2) is 42.9 Å². The number of benzene rings is 1. The molecular formula is C18H18N8O. The van der Waals surface area contributed by atoms with Gasteiger partial charge in [-0.15, -0.1) is 0 Å². The molecular weight excluding hydrogens is 344 g/mol. The van der Waals surface area contributed by atoms with Crippen LogP contribution < -0.4 is 16.4 Å². The number of primary amides is 1. The molecule has 0 aliphatic heterocycles. The molecule has 1 amide bonds. The summed E-state index contributed by atoms with van der Waals surface area (Å²) in [6.07, 6.45) is 4.86. The standard InChI is InChI=1S/C18H18N8O/c1-2-26-11-14(9-23-26)24-18-22-10-15(16(20)27)17(25-18)21-8-13-5-3-4-12(6-13)7-19/h3-6,9-11H,2,8H2,1H3,(H2,20,27)(H2,21,22,24,25). The predicted octanol–water partition coefficient (Wildman–Crippen LogP) is 2.02. The highest BCUT2D eigenvalue weighted by Gasteiger charge is 2.13. The second-order valence-electron chi connectivity index (χ2n) is 5.70. The fraction of sp³-hybridized carbons (Fsp3) is 0.167. The third-order valence-electron chi connectivity index (χ3n) is 3.78. The molecule has 2 heterocycles. The summed E-state index contributed by atoms with van der Waals surface area (Å²) in [5.41, 5.74) is 7.77. The van der Waals surface area contributed by atoms with Crippen molar-refractivity contribution in [3.63, 3.8) is 0 Å². The molecule has 9 heteroatoms. The summed E-state index contributed by atoms with van der Waals surface area (Å²) in [6.45, 7) is 3.11. The van der Waals surface area contributed by atoms with Gasteiger partial charge in [0.05, 0.1) is 29.1 Å². The van der Waals surface area contributed by atoms with Crippen molar-refractivity contribution in [2.45, 2.75) is 20.0 Å². The van der Waals surface area contributed by atoms with E-state index in [1.165, 1.54) is 6.20 Å². The molecule has 0 radical (unpaired) electrons. The number of aryl methyl sites for hydroxylation is 1. The van der Waals surface area contributed by atoms with E-state index < -0.39 is 5.91 Å². The van der Waals surface area contributed by atoms with Crippen LogP contribution in [0.5, 0.6) is 0 Å². The second-order valence-corrected chi connectivity index (χ2v) is 5.70. The first kappa shape index (κ1) is 17.9. The van der Waals surface area contributed by atoms with Crippen LogP contribution in [0.3, 0.4) is 0 Å². The van der Waals surface area contributed by atoms with Gasteiger partial charge < -0.3 is 16.4 Å². The number of carbonyl (C=O) groups is 1. The fourth-order valence-corrected chi connectivity index (χ4v) is 2.42. The number of nitriles is 1. The minimum Gasteiger partial charge on any atom is -0.365 e. The van der Waals surface area contributed by atoms with Crippen LogP contribution >= 0.6 is 0 Å². The van der Waals surface area contributed by atoms with Gasteiger partial charge in [0, 0.05) is 25.5 Å². The summed E-state index contributed by atoms with van der Waals surface area (Å²) in [4.78, 5) is 20.1. The lowest BCUT2D eigenvalue weighted by molar-refractivity contribution is 0.100. The summed E-state index contributed by atoms with van der Waals surface area (Å²) in [6, 6.07) is 9.24. The Morgan fingerprint density at radius 3 is 2.93 bits per heavy atom. The van der Waals surface area contributed by atoms with Crippen LogP contribution in [-0.4, -0.2) is 25.7 Å².